The second-order valence-corrected chi connectivity index (χ2v) is 9.98. The first kappa shape index (κ1) is 24.1. The van der Waals surface area contributed by atoms with Crippen molar-refractivity contribution in [3.8, 4) is 5.75 Å². The predicted octanol–water partition coefficient (Wildman–Crippen LogP) is 3.87. The van der Waals surface area contributed by atoms with E-state index in [2.05, 4.69) is 15.6 Å². The molecule has 9 heteroatoms. The molecule has 0 fully saturated rings. The number of allylic oxidation sites excluding steroid dienone is 1. The summed E-state index contributed by atoms with van der Waals surface area (Å²) in [5.74, 6) is -0.0672. The third kappa shape index (κ3) is 3.68. The Morgan fingerprint density at radius 1 is 1.17 bits per heavy atom. The van der Waals surface area contributed by atoms with Gasteiger partial charge in [-0.1, -0.05) is 41.1 Å². The van der Waals surface area contributed by atoms with Crippen molar-refractivity contribution in [3.63, 3.8) is 0 Å². The number of carbonyl (C=O) groups is 1. The van der Waals surface area contributed by atoms with E-state index in [0.29, 0.717) is 31.4 Å². The molecule has 0 radical (unpaired) electrons. The summed E-state index contributed by atoms with van der Waals surface area (Å²) in [7, 11) is 4.85. The number of aromatic nitrogens is 2. The fourth-order valence-corrected chi connectivity index (χ4v) is 5.98. The van der Waals surface area contributed by atoms with Gasteiger partial charge in [-0.05, 0) is 44.2 Å². The Morgan fingerprint density at radius 2 is 1.92 bits per heavy atom. The number of ether oxygens (including phenoxy) is 2. The summed E-state index contributed by atoms with van der Waals surface area (Å²) >= 11 is 7.62. The van der Waals surface area contributed by atoms with Gasteiger partial charge in [-0.2, -0.15) is 0 Å². The van der Waals surface area contributed by atoms with E-state index in [0.717, 1.165) is 22.2 Å². The molecule has 0 unspecified atom stereocenters. The van der Waals surface area contributed by atoms with Gasteiger partial charge in [-0.25, -0.2) is 9.79 Å². The highest BCUT2D eigenvalue weighted by molar-refractivity contribution is 7.07. The summed E-state index contributed by atoms with van der Waals surface area (Å²) < 4.78 is 14.8. The molecule has 4 aromatic rings. The minimum absolute atomic E-state index is 0.257. The molecule has 0 N–H and O–H groups in total. The SMILES string of the molecule is COC(=O)C1=C(C)N=c2s/c(=C\c3c(C)n(C)c4ccccc34)c(=O)n2[C@H]1c1cc(Cl)ccc1OC. The van der Waals surface area contributed by atoms with Gasteiger partial charge in [0.15, 0.2) is 4.80 Å². The normalized spacial score (nSPS) is 15.7. The minimum Gasteiger partial charge on any atom is -0.496 e. The number of thiazole rings is 1. The number of hydrogen-bond donors (Lipinski definition) is 0. The van der Waals surface area contributed by atoms with Crippen LogP contribution in [0.1, 0.15) is 29.8 Å². The van der Waals surface area contributed by atoms with Crippen LogP contribution in [0.25, 0.3) is 17.0 Å². The van der Waals surface area contributed by atoms with Crippen molar-refractivity contribution in [2.75, 3.05) is 14.2 Å². The largest absolute Gasteiger partial charge is 0.496 e. The fraction of sp³-hybridized carbons (Fsp3) is 0.222. The summed E-state index contributed by atoms with van der Waals surface area (Å²) in [6, 6.07) is 12.4. The number of nitrogens with zero attached hydrogens (tertiary/aromatic N) is 3. The maximum atomic E-state index is 13.9. The molecule has 1 atom stereocenters. The maximum Gasteiger partial charge on any atom is 0.338 e. The third-order valence-corrected chi connectivity index (χ3v) is 7.86. The molecule has 0 aliphatic carbocycles. The number of hydrogen-bond acceptors (Lipinski definition) is 6. The highest BCUT2D eigenvalue weighted by Gasteiger charge is 2.35. The highest BCUT2D eigenvalue weighted by atomic mass is 35.5. The molecule has 5 rings (SSSR count). The topological polar surface area (TPSA) is 74.8 Å². The van der Waals surface area contributed by atoms with Gasteiger partial charge in [0.2, 0.25) is 0 Å². The number of fused-ring (bicyclic) bond motifs is 2. The standard InChI is InChI=1S/C27H24ClN3O4S/c1-14-23(26(33)35-5)24(19-12-16(28)10-11-21(19)34-4)31-25(32)22(36-27(31)29-14)13-18-15(2)30(3)20-9-7-6-8-17(18)20/h6-13,24H,1-5H3/b22-13-/t24-/m0/s1. The second kappa shape index (κ2) is 9.11. The third-order valence-electron chi connectivity index (χ3n) is 6.64. The monoisotopic (exact) mass is 521 g/mol. The predicted molar refractivity (Wildman–Crippen MR) is 141 cm³/mol. The summed E-state index contributed by atoms with van der Waals surface area (Å²) in [6.45, 7) is 3.77. The molecule has 0 bridgehead atoms. The van der Waals surface area contributed by atoms with Gasteiger partial charge in [0.05, 0.1) is 30.0 Å². The van der Waals surface area contributed by atoms with Crippen LogP contribution < -0.4 is 19.6 Å². The number of carbonyl (C=O) groups excluding carboxylic acids is 1. The Labute approximate surface area is 216 Å². The van der Waals surface area contributed by atoms with Crippen LogP contribution in [0.15, 0.2) is 63.5 Å². The quantitative estimate of drug-likeness (QED) is 0.382. The molecule has 0 saturated carbocycles. The number of rotatable bonds is 4. The first-order chi connectivity index (χ1) is 17.3. The highest BCUT2D eigenvalue weighted by Crippen LogP contribution is 2.37. The van der Waals surface area contributed by atoms with Crippen molar-refractivity contribution in [1.82, 2.24) is 9.13 Å². The average molecular weight is 522 g/mol. The van der Waals surface area contributed by atoms with Crippen LogP contribution in [0.5, 0.6) is 5.75 Å². The van der Waals surface area contributed by atoms with Gasteiger partial charge < -0.3 is 14.0 Å². The molecule has 3 heterocycles. The van der Waals surface area contributed by atoms with Crippen LogP contribution in [0, 0.1) is 6.92 Å². The molecule has 0 amide bonds. The number of benzene rings is 2. The zero-order chi connectivity index (χ0) is 25.7. The van der Waals surface area contributed by atoms with Gasteiger partial charge in [0, 0.05) is 39.8 Å². The molecule has 0 saturated heterocycles. The van der Waals surface area contributed by atoms with E-state index in [4.69, 9.17) is 21.1 Å². The summed E-state index contributed by atoms with van der Waals surface area (Å²) in [6.07, 6.45) is 1.91. The molecule has 1 aliphatic rings. The number of methoxy groups -OCH3 is 2. The van der Waals surface area contributed by atoms with Gasteiger partial charge in [-0.15, -0.1) is 0 Å². The number of para-hydroxylation sites is 1. The molecular formula is C27H24ClN3O4S. The second-order valence-electron chi connectivity index (χ2n) is 8.53. The Balaban J connectivity index is 1.83. The molecule has 2 aromatic heterocycles. The molecule has 0 spiro atoms. The minimum atomic E-state index is -0.807. The number of esters is 1. The van der Waals surface area contributed by atoms with Gasteiger partial charge >= 0.3 is 5.97 Å². The first-order valence-electron chi connectivity index (χ1n) is 11.2. The smallest absolute Gasteiger partial charge is 0.338 e. The van der Waals surface area contributed by atoms with Crippen molar-refractivity contribution in [2.24, 2.45) is 12.0 Å². The van der Waals surface area contributed by atoms with Crippen molar-refractivity contribution >= 4 is 45.9 Å². The molecular weight excluding hydrogens is 498 g/mol. The molecule has 36 heavy (non-hydrogen) atoms. The van der Waals surface area contributed by atoms with E-state index >= 15 is 0 Å². The first-order valence-corrected chi connectivity index (χ1v) is 12.4. The lowest BCUT2D eigenvalue weighted by atomic mass is 9.95. The van der Waals surface area contributed by atoms with Crippen molar-refractivity contribution < 1.29 is 14.3 Å². The van der Waals surface area contributed by atoms with E-state index in [-0.39, 0.29) is 11.1 Å². The van der Waals surface area contributed by atoms with Crippen LogP contribution in [-0.2, 0) is 16.6 Å². The Bertz CT molecular complexity index is 1760. The van der Waals surface area contributed by atoms with E-state index in [9.17, 15) is 9.59 Å². The molecule has 2 aromatic carbocycles. The number of halogens is 1. The van der Waals surface area contributed by atoms with Crippen molar-refractivity contribution in [2.45, 2.75) is 19.9 Å². The van der Waals surface area contributed by atoms with Crippen LogP contribution in [0.2, 0.25) is 5.02 Å². The molecule has 1 aliphatic heterocycles. The van der Waals surface area contributed by atoms with Crippen molar-refractivity contribution in [1.29, 1.82) is 0 Å². The maximum absolute atomic E-state index is 13.9. The Hall–Kier alpha value is -3.62. The zero-order valence-corrected chi connectivity index (χ0v) is 22.0. The zero-order valence-electron chi connectivity index (χ0n) is 20.5. The van der Waals surface area contributed by atoms with Crippen molar-refractivity contribution in [3.05, 3.63) is 95.3 Å². The molecule has 7 nitrogen and oxygen atoms in total. The van der Waals surface area contributed by atoms with Gasteiger partial charge in [-0.3, -0.25) is 9.36 Å². The van der Waals surface area contributed by atoms with E-state index in [1.807, 2.05) is 38.2 Å². The summed E-state index contributed by atoms with van der Waals surface area (Å²) in [5, 5.41) is 1.51. The van der Waals surface area contributed by atoms with Crippen LogP contribution >= 0.6 is 22.9 Å². The fourth-order valence-electron chi connectivity index (χ4n) is 4.77. The summed E-state index contributed by atoms with van der Waals surface area (Å²) in [5.41, 5.74) is 4.15. The lowest BCUT2D eigenvalue weighted by molar-refractivity contribution is -0.136. The Morgan fingerprint density at radius 3 is 2.64 bits per heavy atom. The number of aryl methyl sites for hydroxylation is 1. The lowest BCUT2D eigenvalue weighted by Gasteiger charge is -2.25. The molecule has 184 valence electrons. The van der Waals surface area contributed by atoms with E-state index < -0.39 is 12.0 Å². The van der Waals surface area contributed by atoms with E-state index in [1.165, 1.54) is 30.1 Å². The lowest BCUT2D eigenvalue weighted by Crippen LogP contribution is -2.40. The summed E-state index contributed by atoms with van der Waals surface area (Å²) in [4.78, 5) is 32.0. The average Bonchev–Trinajstić information content (AvgIpc) is 3.31. The Kier molecular flexibility index (Phi) is 6.10. The van der Waals surface area contributed by atoms with Gasteiger partial charge in [0.1, 0.15) is 11.8 Å². The van der Waals surface area contributed by atoms with Crippen LogP contribution in [0.3, 0.4) is 0 Å². The van der Waals surface area contributed by atoms with E-state index in [1.54, 1.807) is 25.1 Å². The van der Waals surface area contributed by atoms with Gasteiger partial charge in [0.25, 0.3) is 5.56 Å². The van der Waals surface area contributed by atoms with Crippen LogP contribution in [0.4, 0.5) is 0 Å². The van der Waals surface area contributed by atoms with Crippen LogP contribution in [-0.4, -0.2) is 29.3 Å².